The van der Waals surface area contributed by atoms with Crippen LogP contribution in [0, 0.1) is 5.92 Å². The molecule has 10 heavy (non-hydrogen) atoms. The lowest BCUT2D eigenvalue weighted by Crippen LogP contribution is -2.16. The third-order valence-corrected chi connectivity index (χ3v) is 2.06. The monoisotopic (exact) mass is 144 g/mol. The van der Waals surface area contributed by atoms with Gasteiger partial charge in [-0.2, -0.15) is 0 Å². The molecule has 0 saturated heterocycles. The van der Waals surface area contributed by atoms with Crippen molar-refractivity contribution in [2.75, 3.05) is 0 Å². The predicted molar refractivity (Wildman–Crippen MR) is 35.6 cm³/mol. The number of hydrogen-bond donors (Lipinski definition) is 2. The zero-order chi connectivity index (χ0) is 7.56. The fraction of sp³-hybridized carbons (Fsp3) is 0.857. The molecule has 0 bridgehead atoms. The van der Waals surface area contributed by atoms with Gasteiger partial charge in [0.1, 0.15) is 0 Å². The van der Waals surface area contributed by atoms with Gasteiger partial charge in [0, 0.05) is 0 Å². The van der Waals surface area contributed by atoms with Gasteiger partial charge in [-0.25, -0.2) is 0 Å². The van der Waals surface area contributed by atoms with Crippen molar-refractivity contribution >= 4 is 5.97 Å². The number of hydrogen-bond acceptors (Lipinski definition) is 2. The van der Waals surface area contributed by atoms with E-state index in [4.69, 9.17) is 5.11 Å². The minimum Gasteiger partial charge on any atom is -0.481 e. The van der Waals surface area contributed by atoms with Crippen molar-refractivity contribution in [3.8, 4) is 0 Å². The molecular formula is C7H12O3. The zero-order valence-electron chi connectivity index (χ0n) is 5.79. The smallest absolute Gasteiger partial charge is 0.303 e. The highest BCUT2D eigenvalue weighted by molar-refractivity contribution is 5.67. The predicted octanol–water partition coefficient (Wildman–Crippen LogP) is 0.622. The first-order valence-corrected chi connectivity index (χ1v) is 3.60. The Morgan fingerprint density at radius 3 is 2.60 bits per heavy atom. The third kappa shape index (κ3) is 1.70. The Morgan fingerprint density at radius 2 is 2.20 bits per heavy atom. The van der Waals surface area contributed by atoms with Crippen molar-refractivity contribution in [1.29, 1.82) is 0 Å². The molecule has 1 aliphatic rings. The Balaban J connectivity index is 2.33. The molecule has 0 spiro atoms. The molecule has 1 rings (SSSR count). The van der Waals surface area contributed by atoms with Gasteiger partial charge in [-0.1, -0.05) is 6.42 Å². The lowest BCUT2D eigenvalue weighted by Gasteiger charge is -2.09. The molecule has 3 nitrogen and oxygen atoms in total. The number of carbonyl (C=O) groups is 1. The molecule has 0 aromatic heterocycles. The number of aliphatic hydroxyl groups excluding tert-OH is 1. The summed E-state index contributed by atoms with van der Waals surface area (Å²) in [4.78, 5) is 10.2. The van der Waals surface area contributed by atoms with Crippen molar-refractivity contribution in [2.24, 2.45) is 5.92 Å². The summed E-state index contributed by atoms with van der Waals surface area (Å²) in [5.41, 5.74) is 0. The van der Waals surface area contributed by atoms with Crippen molar-refractivity contribution in [3.63, 3.8) is 0 Å². The molecular weight excluding hydrogens is 132 g/mol. The summed E-state index contributed by atoms with van der Waals surface area (Å²) >= 11 is 0. The van der Waals surface area contributed by atoms with Crippen LogP contribution in [0.1, 0.15) is 25.7 Å². The van der Waals surface area contributed by atoms with Crippen LogP contribution in [0.3, 0.4) is 0 Å². The van der Waals surface area contributed by atoms with Gasteiger partial charge in [-0.15, -0.1) is 0 Å². The largest absolute Gasteiger partial charge is 0.481 e. The normalized spacial score (nSPS) is 32.5. The molecule has 1 fully saturated rings. The first-order valence-electron chi connectivity index (χ1n) is 3.60. The Kier molecular flexibility index (Phi) is 2.27. The molecule has 3 heteroatoms. The van der Waals surface area contributed by atoms with Gasteiger partial charge >= 0.3 is 5.97 Å². The lowest BCUT2D eigenvalue weighted by molar-refractivity contribution is -0.138. The second-order valence-corrected chi connectivity index (χ2v) is 2.86. The topological polar surface area (TPSA) is 57.5 Å². The van der Waals surface area contributed by atoms with Crippen LogP contribution in [0.4, 0.5) is 0 Å². The summed E-state index contributed by atoms with van der Waals surface area (Å²) in [5.74, 6) is -0.788. The quantitative estimate of drug-likeness (QED) is 0.597. The maximum atomic E-state index is 10.2. The van der Waals surface area contributed by atoms with E-state index in [9.17, 15) is 9.90 Å². The number of aliphatic hydroxyl groups is 1. The second kappa shape index (κ2) is 3.01. The lowest BCUT2D eigenvalue weighted by atomic mass is 10.0. The van der Waals surface area contributed by atoms with Crippen LogP contribution in [0.25, 0.3) is 0 Å². The molecule has 1 aliphatic carbocycles. The van der Waals surface area contributed by atoms with E-state index in [0.717, 1.165) is 19.3 Å². The van der Waals surface area contributed by atoms with Gasteiger partial charge in [-0.05, 0) is 18.8 Å². The Labute approximate surface area is 59.7 Å². The van der Waals surface area contributed by atoms with Crippen molar-refractivity contribution in [3.05, 3.63) is 0 Å². The van der Waals surface area contributed by atoms with Crippen LogP contribution in [-0.4, -0.2) is 22.3 Å². The second-order valence-electron chi connectivity index (χ2n) is 2.86. The fourth-order valence-corrected chi connectivity index (χ4v) is 1.48. The molecule has 58 valence electrons. The zero-order valence-corrected chi connectivity index (χ0v) is 5.79. The van der Waals surface area contributed by atoms with Gasteiger partial charge in [0.05, 0.1) is 12.5 Å². The van der Waals surface area contributed by atoms with E-state index < -0.39 is 5.97 Å². The SMILES string of the molecule is O=C(O)C[C@@H]1CCC[C@H]1O. The maximum Gasteiger partial charge on any atom is 0.303 e. The average molecular weight is 144 g/mol. The summed E-state index contributed by atoms with van der Waals surface area (Å²) in [6.45, 7) is 0. The van der Waals surface area contributed by atoms with E-state index in [2.05, 4.69) is 0 Å². The molecule has 1 saturated carbocycles. The molecule has 0 heterocycles. The standard InChI is InChI=1S/C7H12O3/c8-6-3-1-2-5(6)4-7(9)10/h5-6,8H,1-4H2,(H,9,10)/t5-,6+/m0/s1. The molecule has 0 aromatic carbocycles. The molecule has 2 atom stereocenters. The molecule has 2 N–H and O–H groups in total. The molecule has 0 unspecified atom stereocenters. The molecule has 0 amide bonds. The molecule has 0 radical (unpaired) electrons. The number of carboxylic acid groups (broad SMARTS) is 1. The maximum absolute atomic E-state index is 10.2. The van der Waals surface area contributed by atoms with Crippen LogP contribution < -0.4 is 0 Å². The van der Waals surface area contributed by atoms with E-state index in [1.807, 2.05) is 0 Å². The Bertz CT molecular complexity index is 133. The summed E-state index contributed by atoms with van der Waals surface area (Å²) in [6.07, 6.45) is 2.38. The number of rotatable bonds is 2. The van der Waals surface area contributed by atoms with Crippen LogP contribution in [0.2, 0.25) is 0 Å². The average Bonchev–Trinajstić information content (AvgIpc) is 2.15. The summed E-state index contributed by atoms with van der Waals surface area (Å²) in [7, 11) is 0. The van der Waals surface area contributed by atoms with Crippen LogP contribution in [0.5, 0.6) is 0 Å². The van der Waals surface area contributed by atoms with Crippen LogP contribution in [0.15, 0.2) is 0 Å². The van der Waals surface area contributed by atoms with Gasteiger partial charge in [0.15, 0.2) is 0 Å². The van der Waals surface area contributed by atoms with Crippen LogP contribution >= 0.6 is 0 Å². The van der Waals surface area contributed by atoms with E-state index in [0.29, 0.717) is 0 Å². The van der Waals surface area contributed by atoms with E-state index in [1.165, 1.54) is 0 Å². The Hall–Kier alpha value is -0.570. The van der Waals surface area contributed by atoms with E-state index in [1.54, 1.807) is 0 Å². The molecule has 0 aromatic rings. The van der Waals surface area contributed by atoms with Crippen molar-refractivity contribution in [1.82, 2.24) is 0 Å². The van der Waals surface area contributed by atoms with Crippen molar-refractivity contribution < 1.29 is 15.0 Å². The van der Waals surface area contributed by atoms with E-state index >= 15 is 0 Å². The fourth-order valence-electron chi connectivity index (χ4n) is 1.48. The number of carboxylic acids is 1. The number of aliphatic carboxylic acids is 1. The Morgan fingerprint density at radius 1 is 1.50 bits per heavy atom. The summed E-state index contributed by atoms with van der Waals surface area (Å²) in [6, 6.07) is 0. The van der Waals surface area contributed by atoms with Gasteiger partial charge in [0.2, 0.25) is 0 Å². The van der Waals surface area contributed by atoms with E-state index in [-0.39, 0.29) is 18.4 Å². The first kappa shape index (κ1) is 7.54. The first-order chi connectivity index (χ1) is 4.70. The van der Waals surface area contributed by atoms with Gasteiger partial charge in [0.25, 0.3) is 0 Å². The minimum absolute atomic E-state index is 0.0116. The third-order valence-electron chi connectivity index (χ3n) is 2.06. The highest BCUT2D eigenvalue weighted by Gasteiger charge is 2.26. The van der Waals surface area contributed by atoms with Gasteiger partial charge < -0.3 is 10.2 Å². The summed E-state index contributed by atoms with van der Waals surface area (Å²) < 4.78 is 0. The van der Waals surface area contributed by atoms with Crippen molar-refractivity contribution in [2.45, 2.75) is 31.8 Å². The highest BCUT2D eigenvalue weighted by atomic mass is 16.4. The highest BCUT2D eigenvalue weighted by Crippen LogP contribution is 2.27. The molecule has 0 aliphatic heterocycles. The summed E-state index contributed by atoms with van der Waals surface area (Å²) in [5, 5.41) is 17.6. The van der Waals surface area contributed by atoms with Crippen LogP contribution in [-0.2, 0) is 4.79 Å². The van der Waals surface area contributed by atoms with Gasteiger partial charge in [-0.3, -0.25) is 4.79 Å². The minimum atomic E-state index is -0.800.